The highest BCUT2D eigenvalue weighted by molar-refractivity contribution is 6.21. The van der Waals surface area contributed by atoms with Crippen molar-refractivity contribution in [1.82, 2.24) is 0 Å². The van der Waals surface area contributed by atoms with Crippen molar-refractivity contribution in [2.24, 2.45) is 7.05 Å². The van der Waals surface area contributed by atoms with E-state index in [4.69, 9.17) is 4.42 Å². The summed E-state index contributed by atoms with van der Waals surface area (Å²) in [4.78, 5) is 0. The second kappa shape index (κ2) is 5.68. The zero-order valence-corrected chi connectivity index (χ0v) is 16.1. The van der Waals surface area contributed by atoms with E-state index in [1.54, 1.807) is 0 Å². The third kappa shape index (κ3) is 2.30. The Morgan fingerprint density at radius 3 is 2.44 bits per heavy atom. The lowest BCUT2D eigenvalue weighted by Gasteiger charge is -2.08. The average molecular weight is 352 g/mol. The van der Waals surface area contributed by atoms with E-state index in [2.05, 4.69) is 93.2 Å². The highest BCUT2D eigenvalue weighted by Crippen LogP contribution is 2.41. The van der Waals surface area contributed by atoms with Gasteiger partial charge in [-0.1, -0.05) is 36.4 Å². The molecular formula is C25H22NO+. The molecule has 132 valence electrons. The van der Waals surface area contributed by atoms with Gasteiger partial charge >= 0.3 is 0 Å². The first kappa shape index (κ1) is 16.1. The van der Waals surface area contributed by atoms with Gasteiger partial charge < -0.3 is 4.42 Å². The van der Waals surface area contributed by atoms with Crippen LogP contribution >= 0.6 is 0 Å². The van der Waals surface area contributed by atoms with Crippen molar-refractivity contribution in [2.75, 3.05) is 0 Å². The average Bonchev–Trinajstić information content (AvgIpc) is 3.03. The topological polar surface area (TPSA) is 17.0 Å². The summed E-state index contributed by atoms with van der Waals surface area (Å²) in [5.41, 5.74) is 8.04. The molecule has 5 rings (SSSR count). The zero-order valence-electron chi connectivity index (χ0n) is 16.1. The van der Waals surface area contributed by atoms with Crippen LogP contribution in [0.2, 0.25) is 0 Å². The van der Waals surface area contributed by atoms with Gasteiger partial charge in [-0.2, -0.15) is 0 Å². The maximum Gasteiger partial charge on any atom is 0.216 e. The summed E-state index contributed by atoms with van der Waals surface area (Å²) in [6, 6.07) is 19.4. The van der Waals surface area contributed by atoms with Crippen LogP contribution in [0.4, 0.5) is 0 Å². The zero-order chi connectivity index (χ0) is 18.7. The minimum absolute atomic E-state index is 0.952. The molecule has 2 heterocycles. The Kier molecular flexibility index (Phi) is 3.38. The van der Waals surface area contributed by atoms with Gasteiger partial charge in [0.1, 0.15) is 18.2 Å². The Morgan fingerprint density at radius 1 is 0.815 bits per heavy atom. The van der Waals surface area contributed by atoms with Crippen molar-refractivity contribution >= 4 is 32.7 Å². The van der Waals surface area contributed by atoms with E-state index in [1.807, 2.05) is 0 Å². The van der Waals surface area contributed by atoms with E-state index in [0.717, 1.165) is 11.2 Å². The van der Waals surface area contributed by atoms with E-state index in [-0.39, 0.29) is 0 Å². The molecule has 5 aromatic rings. The largest absolute Gasteiger partial charge is 0.455 e. The SMILES string of the molecule is Cc1ccc(-c2c(C)cc(C)c3c2oc2ccc4ccccc4c23)[n+](C)c1. The molecule has 0 N–H and O–H groups in total. The molecule has 0 saturated carbocycles. The monoisotopic (exact) mass is 352 g/mol. The van der Waals surface area contributed by atoms with E-state index < -0.39 is 0 Å². The number of aryl methyl sites for hydroxylation is 4. The Hall–Kier alpha value is -3.13. The second-order valence-electron chi connectivity index (χ2n) is 7.55. The summed E-state index contributed by atoms with van der Waals surface area (Å²) in [6.07, 6.45) is 2.17. The van der Waals surface area contributed by atoms with Crippen LogP contribution < -0.4 is 4.57 Å². The van der Waals surface area contributed by atoms with Crippen LogP contribution in [0.3, 0.4) is 0 Å². The summed E-state index contributed by atoms with van der Waals surface area (Å²) in [5, 5.41) is 4.94. The number of pyridine rings is 1. The lowest BCUT2D eigenvalue weighted by atomic mass is 9.95. The molecule has 2 aromatic heterocycles. The number of nitrogens with zero attached hydrogens (tertiary/aromatic N) is 1. The van der Waals surface area contributed by atoms with Crippen molar-refractivity contribution in [1.29, 1.82) is 0 Å². The molecule has 0 bridgehead atoms. The lowest BCUT2D eigenvalue weighted by molar-refractivity contribution is -0.660. The summed E-state index contributed by atoms with van der Waals surface area (Å²) >= 11 is 0. The molecular weight excluding hydrogens is 330 g/mol. The number of hydrogen-bond donors (Lipinski definition) is 0. The molecule has 0 amide bonds. The summed E-state index contributed by atoms with van der Waals surface area (Å²) in [5.74, 6) is 0. The van der Waals surface area contributed by atoms with Crippen LogP contribution in [0.5, 0.6) is 0 Å². The quantitative estimate of drug-likeness (QED) is 0.330. The normalized spacial score (nSPS) is 11.7. The molecule has 0 aliphatic heterocycles. The van der Waals surface area contributed by atoms with Crippen LogP contribution in [-0.4, -0.2) is 0 Å². The first-order valence-corrected chi connectivity index (χ1v) is 9.35. The van der Waals surface area contributed by atoms with Gasteiger partial charge in [0.05, 0.1) is 5.56 Å². The van der Waals surface area contributed by atoms with Crippen LogP contribution in [0.25, 0.3) is 44.0 Å². The van der Waals surface area contributed by atoms with Gasteiger partial charge in [0, 0.05) is 22.4 Å². The Labute approximate surface area is 158 Å². The number of aromatic nitrogens is 1. The van der Waals surface area contributed by atoms with Gasteiger partial charge in [-0.15, -0.1) is 0 Å². The van der Waals surface area contributed by atoms with Crippen LogP contribution in [0, 0.1) is 20.8 Å². The van der Waals surface area contributed by atoms with E-state index >= 15 is 0 Å². The van der Waals surface area contributed by atoms with Crippen molar-refractivity contribution in [2.45, 2.75) is 20.8 Å². The molecule has 0 fully saturated rings. The number of furan rings is 1. The molecule has 0 saturated heterocycles. The molecule has 0 aliphatic carbocycles. The summed E-state index contributed by atoms with van der Waals surface area (Å²) in [6.45, 7) is 6.48. The molecule has 27 heavy (non-hydrogen) atoms. The van der Waals surface area contributed by atoms with E-state index in [0.29, 0.717) is 0 Å². The van der Waals surface area contributed by atoms with Crippen molar-refractivity contribution in [3.8, 4) is 11.3 Å². The molecule has 0 unspecified atom stereocenters. The molecule has 2 nitrogen and oxygen atoms in total. The molecule has 0 spiro atoms. The van der Waals surface area contributed by atoms with Crippen LogP contribution in [-0.2, 0) is 7.05 Å². The molecule has 2 heteroatoms. The van der Waals surface area contributed by atoms with Gasteiger partial charge in [0.2, 0.25) is 5.69 Å². The molecule has 0 radical (unpaired) electrons. The minimum atomic E-state index is 0.952. The fourth-order valence-electron chi connectivity index (χ4n) is 4.39. The summed E-state index contributed by atoms with van der Waals surface area (Å²) < 4.78 is 8.67. The highest BCUT2D eigenvalue weighted by atomic mass is 16.3. The molecule has 0 atom stereocenters. The fourth-order valence-corrected chi connectivity index (χ4v) is 4.39. The fraction of sp³-hybridized carbons (Fsp3) is 0.160. The Bertz CT molecular complexity index is 1360. The summed E-state index contributed by atoms with van der Waals surface area (Å²) in [7, 11) is 2.10. The van der Waals surface area contributed by atoms with Crippen molar-refractivity contribution in [3.63, 3.8) is 0 Å². The first-order valence-electron chi connectivity index (χ1n) is 9.35. The van der Waals surface area contributed by atoms with Gasteiger partial charge in [-0.3, -0.25) is 0 Å². The van der Waals surface area contributed by atoms with Gasteiger partial charge in [0.15, 0.2) is 6.20 Å². The number of rotatable bonds is 1. The molecule has 3 aromatic carbocycles. The van der Waals surface area contributed by atoms with Gasteiger partial charge in [-0.05, 0) is 54.8 Å². The van der Waals surface area contributed by atoms with Crippen molar-refractivity contribution < 1.29 is 8.98 Å². The van der Waals surface area contributed by atoms with E-state index in [9.17, 15) is 0 Å². The number of benzene rings is 3. The first-order chi connectivity index (χ1) is 13.0. The Balaban J connectivity index is 2.00. The predicted octanol–water partition coefficient (Wildman–Crippen LogP) is 6.16. The maximum atomic E-state index is 6.48. The van der Waals surface area contributed by atoms with Gasteiger partial charge in [0.25, 0.3) is 0 Å². The van der Waals surface area contributed by atoms with E-state index in [1.165, 1.54) is 49.5 Å². The van der Waals surface area contributed by atoms with Crippen LogP contribution in [0.1, 0.15) is 16.7 Å². The van der Waals surface area contributed by atoms with Gasteiger partial charge in [-0.25, -0.2) is 4.57 Å². The number of fused-ring (bicyclic) bond motifs is 5. The highest BCUT2D eigenvalue weighted by Gasteiger charge is 2.22. The van der Waals surface area contributed by atoms with Crippen LogP contribution in [0.15, 0.2) is 65.2 Å². The maximum absolute atomic E-state index is 6.48. The lowest BCUT2D eigenvalue weighted by Crippen LogP contribution is -2.31. The minimum Gasteiger partial charge on any atom is -0.455 e. The Morgan fingerprint density at radius 2 is 1.63 bits per heavy atom. The third-order valence-electron chi connectivity index (χ3n) is 5.57. The predicted molar refractivity (Wildman–Crippen MR) is 112 cm³/mol. The standard InChI is InChI=1S/C25H22NO/c1-15-9-11-20(26(4)14-15)22-16(2)13-17(3)23-24-19-8-6-5-7-18(19)10-12-21(24)27-25(22)23/h5-14H,1-4H3/q+1. The smallest absolute Gasteiger partial charge is 0.216 e. The second-order valence-corrected chi connectivity index (χ2v) is 7.55. The number of hydrogen-bond acceptors (Lipinski definition) is 1. The third-order valence-corrected chi connectivity index (χ3v) is 5.57. The van der Waals surface area contributed by atoms with Crippen molar-refractivity contribution in [3.05, 3.63) is 77.5 Å². The molecule has 0 aliphatic rings.